The molecule has 1 atom stereocenters. The average Bonchev–Trinajstić information content (AvgIpc) is 3.23. The third-order valence-electron chi connectivity index (χ3n) is 5.33. The minimum Gasteiger partial charge on any atom is -0.493 e. The number of carbonyl (C=O) groups is 1. The number of hydrogen-bond acceptors (Lipinski definition) is 3. The maximum atomic E-state index is 13.2. The number of amides is 2. The Kier molecular flexibility index (Phi) is 5.16. The Balaban J connectivity index is 1.69. The standard InChI is InChI=1S/C23H25N3O3/c1-16-6-9-18(10-7-16)24-23(27)26-14-13-25-12-4-5-19(25)22(26)17-8-11-20(28-2)21(15-17)29-3/h4-12,15,22H,13-14H2,1-3H3,(H,24,27)/t22-/m0/s1. The summed E-state index contributed by atoms with van der Waals surface area (Å²) in [6, 6.07) is 17.4. The lowest BCUT2D eigenvalue weighted by molar-refractivity contribution is 0.181. The minimum absolute atomic E-state index is 0.124. The molecule has 1 aliphatic heterocycles. The summed E-state index contributed by atoms with van der Waals surface area (Å²) in [4.78, 5) is 15.1. The lowest BCUT2D eigenvalue weighted by Gasteiger charge is -2.37. The Morgan fingerprint density at radius 2 is 1.76 bits per heavy atom. The Hall–Kier alpha value is -3.41. The van der Waals surface area contributed by atoms with Crippen LogP contribution in [0.1, 0.15) is 22.9 Å². The van der Waals surface area contributed by atoms with Crippen molar-refractivity contribution in [3.05, 3.63) is 77.6 Å². The number of ether oxygens (including phenoxy) is 2. The molecule has 2 amide bonds. The van der Waals surface area contributed by atoms with E-state index in [2.05, 4.69) is 22.1 Å². The fourth-order valence-electron chi connectivity index (χ4n) is 3.81. The maximum absolute atomic E-state index is 13.2. The quantitative estimate of drug-likeness (QED) is 0.715. The molecule has 150 valence electrons. The molecule has 0 bridgehead atoms. The zero-order chi connectivity index (χ0) is 20.4. The normalized spacial score (nSPS) is 15.6. The first-order valence-electron chi connectivity index (χ1n) is 9.62. The summed E-state index contributed by atoms with van der Waals surface area (Å²) in [6.45, 7) is 3.39. The number of methoxy groups -OCH3 is 2. The van der Waals surface area contributed by atoms with Gasteiger partial charge in [0.25, 0.3) is 0 Å². The third kappa shape index (κ3) is 3.66. The summed E-state index contributed by atoms with van der Waals surface area (Å²) in [5, 5.41) is 3.03. The second-order valence-corrected chi connectivity index (χ2v) is 7.13. The lowest BCUT2D eigenvalue weighted by atomic mass is 9.99. The summed E-state index contributed by atoms with van der Waals surface area (Å²) < 4.78 is 13.1. The van der Waals surface area contributed by atoms with Crippen molar-refractivity contribution in [2.24, 2.45) is 0 Å². The molecule has 3 aromatic rings. The summed E-state index contributed by atoms with van der Waals surface area (Å²) in [7, 11) is 3.23. The highest BCUT2D eigenvalue weighted by molar-refractivity contribution is 5.90. The lowest BCUT2D eigenvalue weighted by Crippen LogP contribution is -2.44. The van der Waals surface area contributed by atoms with Crippen molar-refractivity contribution in [3.63, 3.8) is 0 Å². The van der Waals surface area contributed by atoms with Gasteiger partial charge in [-0.15, -0.1) is 0 Å². The van der Waals surface area contributed by atoms with Gasteiger partial charge >= 0.3 is 6.03 Å². The second-order valence-electron chi connectivity index (χ2n) is 7.13. The Bertz CT molecular complexity index is 1010. The van der Waals surface area contributed by atoms with Crippen LogP contribution in [0.25, 0.3) is 0 Å². The van der Waals surface area contributed by atoms with Gasteiger partial charge in [-0.1, -0.05) is 23.8 Å². The maximum Gasteiger partial charge on any atom is 0.322 e. The predicted molar refractivity (Wildman–Crippen MR) is 113 cm³/mol. The van der Waals surface area contributed by atoms with E-state index >= 15 is 0 Å². The molecule has 2 heterocycles. The van der Waals surface area contributed by atoms with Crippen LogP contribution in [0.3, 0.4) is 0 Å². The fraction of sp³-hybridized carbons (Fsp3) is 0.261. The van der Waals surface area contributed by atoms with Crippen molar-refractivity contribution in [2.45, 2.75) is 19.5 Å². The van der Waals surface area contributed by atoms with E-state index in [1.807, 2.05) is 60.4 Å². The monoisotopic (exact) mass is 391 g/mol. The number of hydrogen-bond donors (Lipinski definition) is 1. The zero-order valence-corrected chi connectivity index (χ0v) is 16.9. The van der Waals surface area contributed by atoms with Crippen molar-refractivity contribution < 1.29 is 14.3 Å². The number of urea groups is 1. The van der Waals surface area contributed by atoms with Gasteiger partial charge in [-0.3, -0.25) is 0 Å². The molecule has 1 N–H and O–H groups in total. The summed E-state index contributed by atoms with van der Waals surface area (Å²) in [5.41, 5.74) is 3.98. The molecule has 29 heavy (non-hydrogen) atoms. The number of nitrogens with zero attached hydrogens (tertiary/aromatic N) is 2. The summed E-state index contributed by atoms with van der Waals surface area (Å²) in [5.74, 6) is 1.31. The molecule has 6 nitrogen and oxygen atoms in total. The van der Waals surface area contributed by atoms with Crippen LogP contribution < -0.4 is 14.8 Å². The predicted octanol–water partition coefficient (Wildman–Crippen LogP) is 4.45. The number of carbonyl (C=O) groups excluding carboxylic acids is 1. The van der Waals surface area contributed by atoms with Crippen molar-refractivity contribution >= 4 is 11.7 Å². The van der Waals surface area contributed by atoms with Gasteiger partial charge in [-0.2, -0.15) is 0 Å². The number of aryl methyl sites for hydroxylation is 1. The highest BCUT2D eigenvalue weighted by atomic mass is 16.5. The zero-order valence-electron chi connectivity index (χ0n) is 16.9. The van der Waals surface area contributed by atoms with E-state index < -0.39 is 0 Å². The molecule has 0 radical (unpaired) electrons. The molecule has 0 aliphatic carbocycles. The molecule has 1 aromatic heterocycles. The van der Waals surface area contributed by atoms with Crippen LogP contribution in [-0.2, 0) is 6.54 Å². The van der Waals surface area contributed by atoms with E-state index in [0.29, 0.717) is 18.0 Å². The smallest absolute Gasteiger partial charge is 0.322 e. The van der Waals surface area contributed by atoms with Crippen molar-refractivity contribution in [2.75, 3.05) is 26.1 Å². The first kappa shape index (κ1) is 18.9. The molecule has 1 aliphatic rings. The Morgan fingerprint density at radius 3 is 2.48 bits per heavy atom. The molecule has 2 aromatic carbocycles. The summed E-state index contributed by atoms with van der Waals surface area (Å²) in [6.07, 6.45) is 2.05. The van der Waals surface area contributed by atoms with Gasteiger partial charge in [0, 0.05) is 30.7 Å². The first-order chi connectivity index (χ1) is 14.1. The van der Waals surface area contributed by atoms with Crippen molar-refractivity contribution in [1.29, 1.82) is 0 Å². The Labute approximate surface area is 170 Å². The molecule has 6 heteroatoms. The van der Waals surface area contributed by atoms with Crippen LogP contribution in [0.5, 0.6) is 11.5 Å². The van der Waals surface area contributed by atoms with E-state index in [0.717, 1.165) is 29.1 Å². The number of anilines is 1. The molecule has 0 spiro atoms. The first-order valence-corrected chi connectivity index (χ1v) is 9.62. The second kappa shape index (κ2) is 7.91. The van der Waals surface area contributed by atoms with E-state index in [9.17, 15) is 4.79 Å². The minimum atomic E-state index is -0.219. The molecular weight excluding hydrogens is 366 g/mol. The van der Waals surface area contributed by atoms with Crippen LogP contribution >= 0.6 is 0 Å². The van der Waals surface area contributed by atoms with Gasteiger partial charge in [-0.25, -0.2) is 4.79 Å². The highest BCUT2D eigenvalue weighted by Crippen LogP contribution is 2.37. The number of aromatic nitrogens is 1. The van der Waals surface area contributed by atoms with Gasteiger partial charge in [-0.05, 0) is 48.9 Å². The number of nitrogens with one attached hydrogen (secondary N) is 1. The van der Waals surface area contributed by atoms with Crippen molar-refractivity contribution in [1.82, 2.24) is 9.47 Å². The molecule has 0 saturated carbocycles. The van der Waals surface area contributed by atoms with E-state index in [-0.39, 0.29) is 12.1 Å². The largest absolute Gasteiger partial charge is 0.493 e. The summed E-state index contributed by atoms with van der Waals surface area (Å²) >= 11 is 0. The van der Waals surface area contributed by atoms with Crippen LogP contribution in [0, 0.1) is 6.92 Å². The fourth-order valence-corrected chi connectivity index (χ4v) is 3.81. The van der Waals surface area contributed by atoms with E-state index in [1.54, 1.807) is 14.2 Å². The van der Waals surface area contributed by atoms with Gasteiger partial charge in [0.15, 0.2) is 11.5 Å². The number of fused-ring (bicyclic) bond motifs is 1. The number of rotatable bonds is 4. The van der Waals surface area contributed by atoms with Gasteiger partial charge in [0.05, 0.1) is 20.3 Å². The Morgan fingerprint density at radius 1 is 1.00 bits per heavy atom. The van der Waals surface area contributed by atoms with Crippen molar-refractivity contribution in [3.8, 4) is 11.5 Å². The van der Waals surface area contributed by atoms with E-state index in [4.69, 9.17) is 9.47 Å². The molecular formula is C23H25N3O3. The highest BCUT2D eigenvalue weighted by Gasteiger charge is 2.32. The van der Waals surface area contributed by atoms with Gasteiger partial charge < -0.3 is 24.3 Å². The molecule has 4 rings (SSSR count). The van der Waals surface area contributed by atoms with Crippen LogP contribution in [0.4, 0.5) is 10.5 Å². The van der Waals surface area contributed by atoms with Gasteiger partial charge in [0.1, 0.15) is 0 Å². The third-order valence-corrected chi connectivity index (χ3v) is 5.33. The number of benzene rings is 2. The van der Waals surface area contributed by atoms with Crippen LogP contribution in [-0.4, -0.2) is 36.3 Å². The average molecular weight is 391 g/mol. The van der Waals surface area contributed by atoms with E-state index in [1.165, 1.54) is 0 Å². The molecule has 0 unspecified atom stereocenters. The SMILES string of the molecule is COc1ccc([C@H]2c3cccn3CCN2C(=O)Nc2ccc(C)cc2)cc1OC. The van der Waals surface area contributed by atoms with Crippen LogP contribution in [0.2, 0.25) is 0 Å². The van der Waals surface area contributed by atoms with Crippen LogP contribution in [0.15, 0.2) is 60.8 Å². The van der Waals surface area contributed by atoms with Gasteiger partial charge in [0.2, 0.25) is 0 Å². The topological polar surface area (TPSA) is 55.7 Å². The molecule has 0 saturated heterocycles. The molecule has 0 fully saturated rings.